The molecule has 0 bridgehead atoms. The summed E-state index contributed by atoms with van der Waals surface area (Å²) in [7, 11) is -3.04. The normalized spacial score (nSPS) is 26.6. The first-order valence-electron chi connectivity index (χ1n) is 33.7. The van der Waals surface area contributed by atoms with Crippen LogP contribution in [-0.4, -0.2) is 308 Å². The van der Waals surface area contributed by atoms with Crippen LogP contribution in [0, 0.1) is 0 Å². The van der Waals surface area contributed by atoms with Crippen LogP contribution in [-0.2, 0) is 89.9 Å². The highest BCUT2D eigenvalue weighted by atomic mass is 31.2. The van der Waals surface area contributed by atoms with Crippen LogP contribution < -0.4 is 48.3 Å². The van der Waals surface area contributed by atoms with Gasteiger partial charge in [0.2, 0.25) is 47.3 Å². The molecule has 18 atom stereocenters. The fourth-order valence-corrected chi connectivity index (χ4v) is 10.9. The molecule has 0 saturated carbocycles. The number of carbonyl (C=O) groups is 8. The van der Waals surface area contributed by atoms with Gasteiger partial charge in [0.05, 0.1) is 52.3 Å². The molecular formula is C60H110N9O29P. The van der Waals surface area contributed by atoms with Gasteiger partial charge in [-0.3, -0.25) is 47.4 Å². The minimum absolute atomic E-state index is 0.000851. The number of unbranched alkanes of at least 4 members (excludes halogenated alkanes) is 6. The number of carbonyl (C=O) groups excluding carboxylic acids is 8. The molecule has 0 aromatic carbocycles. The van der Waals surface area contributed by atoms with Crippen molar-refractivity contribution in [3.8, 4) is 0 Å². The van der Waals surface area contributed by atoms with Crippen LogP contribution >= 0.6 is 7.82 Å². The molecule has 0 radical (unpaired) electrons. The van der Waals surface area contributed by atoms with Crippen molar-refractivity contribution in [2.75, 3.05) is 106 Å². The average Bonchev–Trinajstić information content (AvgIpc) is 0.826. The summed E-state index contributed by atoms with van der Waals surface area (Å²) < 4.78 is 65.1. The maximum atomic E-state index is 14.3. The van der Waals surface area contributed by atoms with E-state index in [0.29, 0.717) is 64.2 Å². The fraction of sp³-hybridized carbons (Fsp3) is 0.867. The number of ether oxygens (including phenoxy) is 8. The van der Waals surface area contributed by atoms with Crippen LogP contribution in [0.15, 0.2) is 0 Å². The van der Waals surface area contributed by atoms with Gasteiger partial charge in [0.1, 0.15) is 85.7 Å². The Balaban J connectivity index is 1.60. The number of rotatable bonds is 52. The molecule has 0 aromatic heterocycles. The topological polar surface area (TPSA) is 570 Å². The summed E-state index contributed by atoms with van der Waals surface area (Å²) in [6, 6.07) is -5.72. The molecule has 3 aliphatic heterocycles. The van der Waals surface area contributed by atoms with Crippen LogP contribution in [0.2, 0.25) is 0 Å². The molecule has 39 heteroatoms. The molecule has 574 valence electrons. The molecule has 3 aliphatic rings. The lowest BCUT2D eigenvalue weighted by Gasteiger charge is -2.42. The number of hydrogen-bond acceptors (Lipinski definition) is 29. The average molecular weight is 1450 g/mol. The van der Waals surface area contributed by atoms with Crippen molar-refractivity contribution in [1.82, 2.24) is 42.5 Å². The van der Waals surface area contributed by atoms with Crippen LogP contribution in [0.3, 0.4) is 0 Å². The second kappa shape index (κ2) is 49.7. The summed E-state index contributed by atoms with van der Waals surface area (Å²) in [5.41, 5.74) is 5.98. The molecule has 3 heterocycles. The van der Waals surface area contributed by atoms with Gasteiger partial charge in [0, 0.05) is 86.2 Å². The maximum absolute atomic E-state index is 14.3. The van der Waals surface area contributed by atoms with Gasteiger partial charge in [-0.15, -0.1) is 0 Å². The van der Waals surface area contributed by atoms with Gasteiger partial charge in [-0.2, -0.15) is 0 Å². The predicted octanol–water partition coefficient (Wildman–Crippen LogP) is -6.45. The number of nitrogens with one attached hydrogen (secondary N) is 8. The van der Waals surface area contributed by atoms with Crippen molar-refractivity contribution in [3.05, 3.63) is 0 Å². The summed E-state index contributed by atoms with van der Waals surface area (Å²) in [5.74, 6) is -3.85. The SMILES string of the molecule is COP(=O)(O)OCCCCNC(=O)COCCOCCNC(=O)[C@H](CCCCNC(=O)CCCCO[C@@H]1O[C@H](CO)[C@H](O)[C@H](O)[C@H]1NC(C)=O)NC(=O)[C@H](CCCCNC(=O)CCCCO[C@@H]1O[C@H](CO)[C@H](O)[C@H](O)[C@H]1NC(C)=O)NC(=O)CCCCO[C@@H]1O[C@H](CO)[C@H](O)[C@H](O)[C@H]1N. The lowest BCUT2D eigenvalue weighted by atomic mass is 9.97. The molecule has 0 aliphatic carbocycles. The number of amides is 8. The van der Waals surface area contributed by atoms with Gasteiger partial charge >= 0.3 is 7.82 Å². The summed E-state index contributed by atoms with van der Waals surface area (Å²) in [4.78, 5) is 112. The van der Waals surface area contributed by atoms with Gasteiger partial charge < -0.3 is 137 Å². The first-order valence-corrected chi connectivity index (χ1v) is 35.1. The first kappa shape index (κ1) is 88.4. The number of phosphoric ester groups is 1. The van der Waals surface area contributed by atoms with E-state index in [1.807, 2.05) is 0 Å². The minimum atomic E-state index is -4.09. The van der Waals surface area contributed by atoms with Crippen molar-refractivity contribution in [2.45, 2.75) is 227 Å². The van der Waals surface area contributed by atoms with E-state index in [-0.39, 0.29) is 136 Å². The summed E-state index contributed by atoms with van der Waals surface area (Å²) in [6.45, 7) is 1.05. The number of aliphatic hydroxyl groups is 9. The Morgan fingerprint density at radius 1 is 0.455 bits per heavy atom. The lowest BCUT2D eigenvalue weighted by molar-refractivity contribution is -0.270. The van der Waals surface area contributed by atoms with E-state index in [1.165, 1.54) is 13.8 Å². The minimum Gasteiger partial charge on any atom is -0.394 e. The van der Waals surface area contributed by atoms with Gasteiger partial charge in [-0.25, -0.2) is 4.57 Å². The summed E-state index contributed by atoms with van der Waals surface area (Å²) in [6.07, 6.45) is -11.5. The molecule has 38 nitrogen and oxygen atoms in total. The molecule has 3 saturated heterocycles. The van der Waals surface area contributed by atoms with Crippen LogP contribution in [0.4, 0.5) is 0 Å². The van der Waals surface area contributed by atoms with E-state index >= 15 is 0 Å². The Morgan fingerprint density at radius 2 is 0.869 bits per heavy atom. The number of hydrogen-bond donors (Lipinski definition) is 19. The molecule has 8 amide bonds. The Labute approximate surface area is 575 Å². The van der Waals surface area contributed by atoms with Crippen molar-refractivity contribution in [1.29, 1.82) is 0 Å². The molecule has 1 unspecified atom stereocenters. The van der Waals surface area contributed by atoms with Crippen molar-refractivity contribution >= 4 is 55.1 Å². The van der Waals surface area contributed by atoms with Crippen molar-refractivity contribution in [2.24, 2.45) is 5.73 Å². The molecule has 0 aromatic rings. The lowest BCUT2D eigenvalue weighted by Crippen LogP contribution is -2.64. The Bertz CT molecular complexity index is 2420. The van der Waals surface area contributed by atoms with Crippen molar-refractivity contribution in [3.63, 3.8) is 0 Å². The highest BCUT2D eigenvalue weighted by Gasteiger charge is 2.47. The Kier molecular flexibility index (Phi) is 44.4. The Hall–Kier alpha value is -4.85. The van der Waals surface area contributed by atoms with Gasteiger partial charge in [-0.05, 0) is 89.9 Å². The third-order valence-electron chi connectivity index (χ3n) is 16.0. The third-order valence-corrected chi connectivity index (χ3v) is 16.9. The van der Waals surface area contributed by atoms with E-state index in [2.05, 4.69) is 47.1 Å². The molecule has 20 N–H and O–H groups in total. The Morgan fingerprint density at radius 3 is 1.34 bits per heavy atom. The second-order valence-corrected chi connectivity index (χ2v) is 25.6. The number of nitrogens with two attached hydrogens (primary N) is 1. The number of aliphatic hydroxyl groups excluding tert-OH is 9. The van der Waals surface area contributed by atoms with E-state index in [1.54, 1.807) is 0 Å². The molecule has 0 spiro atoms. The summed E-state index contributed by atoms with van der Waals surface area (Å²) in [5, 5.41) is 112. The monoisotopic (exact) mass is 1450 g/mol. The highest BCUT2D eigenvalue weighted by Crippen LogP contribution is 2.42. The van der Waals surface area contributed by atoms with E-state index < -0.39 is 167 Å². The zero-order valence-electron chi connectivity index (χ0n) is 56.7. The maximum Gasteiger partial charge on any atom is 0.471 e. The molecule has 3 rings (SSSR count). The number of phosphoric acid groups is 1. The van der Waals surface area contributed by atoms with Gasteiger partial charge in [0.25, 0.3) is 0 Å². The quantitative estimate of drug-likeness (QED) is 0.0199. The van der Waals surface area contributed by atoms with E-state index in [0.717, 1.165) is 7.11 Å². The van der Waals surface area contributed by atoms with Crippen LogP contribution in [0.1, 0.15) is 123 Å². The molecular weight excluding hydrogens is 1340 g/mol. The highest BCUT2D eigenvalue weighted by molar-refractivity contribution is 7.47. The predicted molar refractivity (Wildman–Crippen MR) is 343 cm³/mol. The van der Waals surface area contributed by atoms with Crippen LogP contribution in [0.25, 0.3) is 0 Å². The van der Waals surface area contributed by atoms with Gasteiger partial charge in [-0.1, -0.05) is 0 Å². The second-order valence-electron chi connectivity index (χ2n) is 24.0. The molecule has 3 fully saturated rings. The third kappa shape index (κ3) is 34.8. The van der Waals surface area contributed by atoms with Crippen LogP contribution in [0.5, 0.6) is 0 Å². The van der Waals surface area contributed by atoms with Gasteiger partial charge in [0.15, 0.2) is 18.9 Å². The summed E-state index contributed by atoms with van der Waals surface area (Å²) >= 11 is 0. The largest absolute Gasteiger partial charge is 0.471 e. The molecule has 99 heavy (non-hydrogen) atoms. The smallest absolute Gasteiger partial charge is 0.394 e. The standard InChI is InChI=1S/C60H110N9O29P/c1-36(73)66-48-54(83)51(80)41(33-71)97-59(48)93-26-12-6-18-43(75)62-21-9-4-16-38(56(85)65-24-29-90-30-31-91-35-46(78)64-23-11-15-28-95-99(87,88)89-3)69-57(86)39(68-45(77)20-8-14-25-92-58-47(61)53(82)50(79)40(32-70)96-58)17-5-10-22-63-44(76)19-7-13-27-94-60-49(67-37(2)74)55(84)52(81)42(34-72)98-60/h38-42,47-55,58-60,70-72,79-84H,4-35,61H2,1-3H3,(H,62,75)(H,63,76)(H,64,78)(H,65,85)(H,66,73)(H,67,74)(H,68,77)(H,69,86)(H,87,88)/t38-,39-,40+,41+,42+,47+,48+,49+,50-,51-,52-,53+,54+,55+,58+,59+,60+/m0/s1. The van der Waals surface area contributed by atoms with Crippen molar-refractivity contribution < 1.29 is 141 Å². The zero-order valence-corrected chi connectivity index (χ0v) is 57.6. The van der Waals surface area contributed by atoms with E-state index in [9.17, 15) is 93.8 Å². The zero-order chi connectivity index (χ0) is 73.3. The van der Waals surface area contributed by atoms with E-state index in [4.69, 9.17) is 48.2 Å². The fourth-order valence-electron chi connectivity index (χ4n) is 10.4. The first-order chi connectivity index (χ1) is 47.3.